The van der Waals surface area contributed by atoms with Crippen LogP contribution in [0.2, 0.25) is 0 Å². The van der Waals surface area contributed by atoms with Crippen molar-refractivity contribution in [3.8, 4) is 11.5 Å². The highest BCUT2D eigenvalue weighted by Gasteiger charge is 2.06. The first-order chi connectivity index (χ1) is 12.6. The maximum Gasteiger partial charge on any atom is 0.127 e. The minimum Gasteiger partial charge on any atom is -0.496 e. The molecule has 0 aromatic heterocycles. The van der Waals surface area contributed by atoms with E-state index in [0.29, 0.717) is 6.61 Å². The Morgan fingerprint density at radius 1 is 0.923 bits per heavy atom. The van der Waals surface area contributed by atoms with Crippen LogP contribution >= 0.6 is 0 Å². The highest BCUT2D eigenvalue weighted by Crippen LogP contribution is 2.27. The van der Waals surface area contributed by atoms with Crippen LogP contribution in [0, 0.1) is 13.8 Å². The average molecular weight is 355 g/mol. The summed E-state index contributed by atoms with van der Waals surface area (Å²) in [6, 6.07) is 12.0. The lowest BCUT2D eigenvalue weighted by Crippen LogP contribution is -1.96. The summed E-state index contributed by atoms with van der Waals surface area (Å²) >= 11 is 0. The van der Waals surface area contributed by atoms with Crippen LogP contribution in [-0.4, -0.2) is 13.7 Å². The van der Waals surface area contributed by atoms with Crippen LogP contribution in [0.5, 0.6) is 11.5 Å². The van der Waals surface area contributed by atoms with E-state index in [9.17, 15) is 0 Å². The van der Waals surface area contributed by atoms with Gasteiger partial charge in [-0.25, -0.2) is 0 Å². The van der Waals surface area contributed by atoms with Gasteiger partial charge in [-0.1, -0.05) is 62.9 Å². The standard InChI is InChI=1S/C14H18O.C8H10O.C2H6/c1-5-8-13-11(4)9-10-14(15-7-3)12(13)6-2;1-7-5-3-4-6-8(7)9-2;1-2/h5-6,8-10H,2,7H2,1,3-4H3;3-6H,1-2H3;1-2H3/b8-5-;;. The van der Waals surface area contributed by atoms with Crippen LogP contribution in [0.4, 0.5) is 0 Å². The van der Waals surface area contributed by atoms with Gasteiger partial charge in [-0.15, -0.1) is 0 Å². The lowest BCUT2D eigenvalue weighted by Gasteiger charge is -2.12. The monoisotopic (exact) mass is 354 g/mol. The van der Waals surface area contributed by atoms with E-state index in [1.54, 1.807) is 7.11 Å². The van der Waals surface area contributed by atoms with Crippen LogP contribution in [-0.2, 0) is 0 Å². The Kier molecular flexibility index (Phi) is 12.5. The Labute approximate surface area is 160 Å². The third kappa shape index (κ3) is 7.18. The maximum absolute atomic E-state index is 5.56. The summed E-state index contributed by atoms with van der Waals surface area (Å²) in [5.74, 6) is 1.86. The van der Waals surface area contributed by atoms with Gasteiger partial charge in [0, 0.05) is 5.56 Å². The summed E-state index contributed by atoms with van der Waals surface area (Å²) in [4.78, 5) is 0. The van der Waals surface area contributed by atoms with E-state index in [-0.39, 0.29) is 0 Å². The summed E-state index contributed by atoms with van der Waals surface area (Å²) in [6.07, 6.45) is 5.98. The zero-order chi connectivity index (χ0) is 19.9. The lowest BCUT2D eigenvalue weighted by atomic mass is 10.0. The number of para-hydroxylation sites is 1. The SMILES string of the molecule is C=Cc1c(OCC)ccc(C)c1/C=C\C.CC.COc1ccccc1C. The molecule has 0 unspecified atom stereocenters. The first-order valence-corrected chi connectivity index (χ1v) is 9.20. The molecule has 0 amide bonds. The van der Waals surface area contributed by atoms with Crippen molar-refractivity contribution in [2.24, 2.45) is 0 Å². The van der Waals surface area contributed by atoms with Crippen molar-refractivity contribution in [1.82, 2.24) is 0 Å². The number of allylic oxidation sites excluding steroid dienone is 1. The summed E-state index contributed by atoms with van der Waals surface area (Å²) in [5.41, 5.74) is 4.69. The minimum atomic E-state index is 0.680. The molecule has 26 heavy (non-hydrogen) atoms. The molecule has 2 aromatic rings. The zero-order valence-corrected chi connectivity index (χ0v) is 17.4. The van der Waals surface area contributed by atoms with E-state index in [4.69, 9.17) is 9.47 Å². The molecule has 2 aromatic carbocycles. The van der Waals surface area contributed by atoms with Gasteiger partial charge in [0.1, 0.15) is 11.5 Å². The zero-order valence-electron chi connectivity index (χ0n) is 17.4. The predicted molar refractivity (Wildman–Crippen MR) is 116 cm³/mol. The van der Waals surface area contributed by atoms with Crippen LogP contribution < -0.4 is 9.47 Å². The number of ether oxygens (including phenoxy) is 2. The third-order valence-corrected chi connectivity index (χ3v) is 3.62. The highest BCUT2D eigenvalue weighted by atomic mass is 16.5. The summed E-state index contributed by atoms with van der Waals surface area (Å²) in [5, 5.41) is 0. The third-order valence-electron chi connectivity index (χ3n) is 3.62. The van der Waals surface area contributed by atoms with Gasteiger partial charge in [0.2, 0.25) is 0 Å². The Morgan fingerprint density at radius 3 is 2.04 bits per heavy atom. The molecule has 0 saturated heterocycles. The quantitative estimate of drug-likeness (QED) is 0.570. The number of hydrogen-bond donors (Lipinski definition) is 0. The van der Waals surface area contributed by atoms with Crippen molar-refractivity contribution < 1.29 is 9.47 Å². The van der Waals surface area contributed by atoms with Gasteiger partial charge >= 0.3 is 0 Å². The molecule has 0 heterocycles. The van der Waals surface area contributed by atoms with Gasteiger partial charge in [0.05, 0.1) is 13.7 Å². The van der Waals surface area contributed by atoms with Gasteiger partial charge in [-0.2, -0.15) is 0 Å². The predicted octanol–water partition coefficient (Wildman–Crippen LogP) is 7.10. The van der Waals surface area contributed by atoms with Crippen molar-refractivity contribution in [3.05, 3.63) is 71.3 Å². The highest BCUT2D eigenvalue weighted by molar-refractivity contribution is 5.71. The van der Waals surface area contributed by atoms with E-state index < -0.39 is 0 Å². The number of rotatable bonds is 5. The lowest BCUT2D eigenvalue weighted by molar-refractivity contribution is 0.339. The molecule has 0 radical (unpaired) electrons. The number of benzene rings is 2. The van der Waals surface area contributed by atoms with Gasteiger partial charge in [-0.05, 0) is 56.5 Å². The second kappa shape index (κ2) is 13.8. The Bertz CT molecular complexity index is 685. The van der Waals surface area contributed by atoms with Crippen molar-refractivity contribution in [2.45, 2.75) is 41.5 Å². The Morgan fingerprint density at radius 2 is 1.58 bits per heavy atom. The van der Waals surface area contributed by atoms with Crippen molar-refractivity contribution in [1.29, 1.82) is 0 Å². The fourth-order valence-electron chi connectivity index (χ4n) is 2.39. The normalized spacial score (nSPS) is 9.50. The van der Waals surface area contributed by atoms with Crippen molar-refractivity contribution in [2.75, 3.05) is 13.7 Å². The molecule has 0 saturated carbocycles. The average Bonchev–Trinajstić information content (AvgIpc) is 2.67. The molecule has 0 aliphatic heterocycles. The fraction of sp³-hybridized carbons (Fsp3) is 0.333. The molecule has 2 rings (SSSR count). The van der Waals surface area contributed by atoms with Crippen LogP contribution in [0.15, 0.2) is 49.1 Å². The summed E-state index contributed by atoms with van der Waals surface area (Å²) in [7, 11) is 1.68. The molecule has 2 nitrogen and oxygen atoms in total. The fourth-order valence-corrected chi connectivity index (χ4v) is 2.39. The van der Waals surface area contributed by atoms with E-state index in [1.165, 1.54) is 16.7 Å². The largest absolute Gasteiger partial charge is 0.496 e. The molecule has 142 valence electrons. The first-order valence-electron chi connectivity index (χ1n) is 9.20. The first kappa shape index (κ1) is 23.5. The van der Waals surface area contributed by atoms with Crippen LogP contribution in [0.1, 0.15) is 49.9 Å². The second-order valence-corrected chi connectivity index (χ2v) is 5.31. The van der Waals surface area contributed by atoms with E-state index >= 15 is 0 Å². The molecule has 0 aliphatic rings. The van der Waals surface area contributed by atoms with E-state index in [0.717, 1.165) is 17.1 Å². The second-order valence-electron chi connectivity index (χ2n) is 5.31. The van der Waals surface area contributed by atoms with Gasteiger partial charge in [0.25, 0.3) is 0 Å². The van der Waals surface area contributed by atoms with Crippen molar-refractivity contribution in [3.63, 3.8) is 0 Å². The van der Waals surface area contributed by atoms with Crippen LogP contribution in [0.25, 0.3) is 12.2 Å². The van der Waals surface area contributed by atoms with Crippen molar-refractivity contribution >= 4 is 12.2 Å². The van der Waals surface area contributed by atoms with Gasteiger partial charge in [0.15, 0.2) is 0 Å². The molecule has 0 fully saturated rings. The number of aryl methyl sites for hydroxylation is 2. The van der Waals surface area contributed by atoms with Gasteiger partial charge in [-0.3, -0.25) is 0 Å². The maximum atomic E-state index is 5.56. The molecule has 0 atom stereocenters. The number of hydrogen-bond acceptors (Lipinski definition) is 2. The van der Waals surface area contributed by atoms with Gasteiger partial charge < -0.3 is 9.47 Å². The Balaban J connectivity index is 0.000000484. The Hall–Kier alpha value is -2.48. The smallest absolute Gasteiger partial charge is 0.127 e. The van der Waals surface area contributed by atoms with Crippen LogP contribution in [0.3, 0.4) is 0 Å². The molecule has 0 N–H and O–H groups in total. The van der Waals surface area contributed by atoms with E-state index in [2.05, 4.69) is 25.6 Å². The molecule has 2 heteroatoms. The molecule has 0 aliphatic carbocycles. The number of methoxy groups -OCH3 is 1. The molecular formula is C24H34O2. The topological polar surface area (TPSA) is 18.5 Å². The summed E-state index contributed by atoms with van der Waals surface area (Å²) < 4.78 is 10.6. The molecular weight excluding hydrogens is 320 g/mol. The molecule has 0 bridgehead atoms. The summed E-state index contributed by atoms with van der Waals surface area (Å²) in [6.45, 7) is 16.6. The van der Waals surface area contributed by atoms with E-state index in [1.807, 2.05) is 77.1 Å². The molecule has 0 spiro atoms. The minimum absolute atomic E-state index is 0.680.